The molecular formula is C19H14BrNO5S2. The highest BCUT2D eigenvalue weighted by Crippen LogP contribution is 2.68. The second-order valence-electron chi connectivity index (χ2n) is 7.90. The van der Waals surface area contributed by atoms with Crippen molar-refractivity contribution in [1.82, 2.24) is 4.98 Å². The Morgan fingerprint density at radius 1 is 1.29 bits per heavy atom. The second kappa shape index (κ2) is 5.73. The van der Waals surface area contributed by atoms with Crippen molar-refractivity contribution < 1.29 is 19.4 Å². The van der Waals surface area contributed by atoms with E-state index < -0.39 is 23.8 Å². The number of aliphatic carboxylic acids is 1. The third kappa shape index (κ3) is 2.12. The fourth-order valence-corrected chi connectivity index (χ4v) is 9.23. The molecule has 2 N–H and O–H groups in total. The average molecular weight is 480 g/mol. The molecule has 0 unspecified atom stereocenters. The van der Waals surface area contributed by atoms with Crippen molar-refractivity contribution in [1.29, 1.82) is 0 Å². The quantitative estimate of drug-likeness (QED) is 0.481. The number of H-pyrrole nitrogens is 1. The van der Waals surface area contributed by atoms with Crippen LogP contribution in [0.25, 0.3) is 0 Å². The van der Waals surface area contributed by atoms with Crippen molar-refractivity contribution in [3.63, 3.8) is 0 Å². The van der Waals surface area contributed by atoms with Crippen molar-refractivity contribution in [3.8, 4) is 5.75 Å². The number of aromatic amines is 1. The van der Waals surface area contributed by atoms with Gasteiger partial charge in [-0.3, -0.25) is 14.4 Å². The molecule has 2 fully saturated rings. The Balaban J connectivity index is 1.64. The molecule has 2 aliphatic heterocycles. The van der Waals surface area contributed by atoms with Crippen molar-refractivity contribution in [2.24, 2.45) is 29.6 Å². The van der Waals surface area contributed by atoms with Crippen LogP contribution < -0.4 is 9.61 Å². The first kappa shape index (κ1) is 17.3. The number of thioether (sulfide) groups is 1. The molecule has 144 valence electrons. The Kier molecular flexibility index (Phi) is 3.54. The first-order chi connectivity index (χ1) is 13.4. The number of aromatic nitrogens is 1. The van der Waals surface area contributed by atoms with Gasteiger partial charge in [-0.2, -0.15) is 0 Å². The van der Waals surface area contributed by atoms with E-state index >= 15 is 0 Å². The lowest BCUT2D eigenvalue weighted by molar-refractivity contribution is -0.156. The maximum atomic E-state index is 13.0. The van der Waals surface area contributed by atoms with Crippen LogP contribution in [0.2, 0.25) is 0 Å². The van der Waals surface area contributed by atoms with Gasteiger partial charge in [0.2, 0.25) is 0 Å². The molecule has 3 heterocycles. The van der Waals surface area contributed by atoms with Crippen LogP contribution in [0.3, 0.4) is 0 Å². The molecule has 0 radical (unpaired) electrons. The number of fused-ring (bicyclic) bond motifs is 6. The number of carbonyl (C=O) groups is 2. The highest BCUT2D eigenvalue weighted by molar-refractivity contribution is 9.10. The van der Waals surface area contributed by atoms with Gasteiger partial charge in [-0.15, -0.1) is 11.8 Å². The maximum absolute atomic E-state index is 13.0. The van der Waals surface area contributed by atoms with Crippen molar-refractivity contribution in [3.05, 3.63) is 42.8 Å². The van der Waals surface area contributed by atoms with Crippen LogP contribution in [-0.4, -0.2) is 27.3 Å². The van der Waals surface area contributed by atoms with E-state index in [1.165, 1.54) is 11.3 Å². The fraction of sp³-hybridized carbons (Fsp3) is 0.421. The summed E-state index contributed by atoms with van der Waals surface area (Å²) >= 11 is 6.33. The normalized spacial score (nSPS) is 36.9. The largest absolute Gasteiger partial charge is 0.481 e. The molecule has 2 saturated carbocycles. The van der Waals surface area contributed by atoms with E-state index in [4.69, 9.17) is 4.74 Å². The smallest absolute Gasteiger partial charge is 0.315 e. The van der Waals surface area contributed by atoms with E-state index in [-0.39, 0.29) is 33.8 Å². The number of halogens is 1. The first-order valence-electron chi connectivity index (χ1n) is 9.07. The summed E-state index contributed by atoms with van der Waals surface area (Å²) < 4.78 is 6.63. The van der Waals surface area contributed by atoms with Gasteiger partial charge in [0.1, 0.15) is 5.75 Å². The van der Waals surface area contributed by atoms with Gasteiger partial charge in [0.15, 0.2) is 0 Å². The van der Waals surface area contributed by atoms with E-state index in [9.17, 15) is 19.5 Å². The van der Waals surface area contributed by atoms with E-state index in [0.717, 1.165) is 26.4 Å². The van der Waals surface area contributed by atoms with Crippen LogP contribution in [0.15, 0.2) is 32.5 Å². The maximum Gasteiger partial charge on any atom is 0.315 e. The fourth-order valence-electron chi connectivity index (χ4n) is 5.97. The van der Waals surface area contributed by atoms with E-state index in [2.05, 4.69) is 20.9 Å². The van der Waals surface area contributed by atoms with Crippen LogP contribution in [0, 0.1) is 29.6 Å². The predicted molar refractivity (Wildman–Crippen MR) is 106 cm³/mol. The van der Waals surface area contributed by atoms with Gasteiger partial charge in [0.25, 0.3) is 0 Å². The van der Waals surface area contributed by atoms with Gasteiger partial charge in [-0.1, -0.05) is 27.3 Å². The molecule has 1 aromatic heterocycles. The zero-order valence-electron chi connectivity index (χ0n) is 14.3. The third-order valence-electron chi connectivity index (χ3n) is 6.79. The summed E-state index contributed by atoms with van der Waals surface area (Å²) in [5.74, 6) is -2.33. The summed E-state index contributed by atoms with van der Waals surface area (Å²) in [5.41, 5.74) is 0.896. The van der Waals surface area contributed by atoms with Gasteiger partial charge in [0.05, 0.1) is 16.9 Å². The minimum absolute atomic E-state index is 0.0430. The van der Waals surface area contributed by atoms with Crippen LogP contribution >= 0.6 is 39.0 Å². The molecule has 2 aliphatic carbocycles. The molecule has 2 bridgehead atoms. The Hall–Kier alpha value is -1.58. The number of ether oxygens (including phenoxy) is 1. The molecule has 0 spiro atoms. The Labute approximate surface area is 175 Å². The number of benzene rings is 1. The molecule has 7 atom stereocenters. The second-order valence-corrected chi connectivity index (χ2v) is 11.0. The topological polar surface area (TPSA) is 96.5 Å². The number of carbonyl (C=O) groups excluding carboxylic acids is 1. The van der Waals surface area contributed by atoms with Gasteiger partial charge in [-0.05, 0) is 42.4 Å². The lowest BCUT2D eigenvalue weighted by atomic mass is 9.66. The van der Waals surface area contributed by atoms with E-state index in [0.29, 0.717) is 5.75 Å². The summed E-state index contributed by atoms with van der Waals surface area (Å²) in [6, 6.07) is 5.54. The number of thiazole rings is 1. The Morgan fingerprint density at radius 2 is 2.11 bits per heavy atom. The average Bonchev–Trinajstić information content (AvgIpc) is 3.30. The standard InChI is InChI=1S/C19H14BrNO5S2/c20-5-1-2-9-6(3-5)10-11-7-4-8(12(17(22)23)13(7)18(24)26-9)14(11)27-16-15(10)28-19(25)21-16/h1-3,7-8,10-14H,4H2,(H,21,25)(H,22,23)/t7-,8+,10-,11-,12-,13-,14-/m0/s1. The lowest BCUT2D eigenvalue weighted by Gasteiger charge is -2.45. The highest BCUT2D eigenvalue weighted by atomic mass is 79.9. The van der Waals surface area contributed by atoms with Crippen molar-refractivity contribution in [2.75, 3.05) is 0 Å². The number of carboxylic acids is 1. The minimum atomic E-state index is -0.925. The number of esters is 1. The van der Waals surface area contributed by atoms with Gasteiger partial charge in [-0.25, -0.2) is 0 Å². The number of carboxylic acid groups (broad SMARTS) is 1. The molecule has 6 nitrogen and oxygen atoms in total. The molecule has 6 rings (SSSR count). The molecule has 1 aromatic carbocycles. The zero-order valence-corrected chi connectivity index (χ0v) is 17.5. The molecular weight excluding hydrogens is 466 g/mol. The van der Waals surface area contributed by atoms with Crippen molar-refractivity contribution >= 4 is 51.0 Å². The van der Waals surface area contributed by atoms with Crippen LogP contribution in [0.5, 0.6) is 5.75 Å². The molecule has 0 saturated heterocycles. The zero-order chi connectivity index (χ0) is 19.3. The van der Waals surface area contributed by atoms with Gasteiger partial charge in [0, 0.05) is 26.1 Å². The van der Waals surface area contributed by atoms with Gasteiger partial charge >= 0.3 is 16.8 Å². The Bertz CT molecular complexity index is 1110. The van der Waals surface area contributed by atoms with Crippen LogP contribution in [-0.2, 0) is 9.59 Å². The summed E-state index contributed by atoms with van der Waals surface area (Å²) in [4.78, 5) is 41.0. The molecule has 4 aliphatic rings. The summed E-state index contributed by atoms with van der Waals surface area (Å²) in [7, 11) is 0. The molecule has 9 heteroatoms. The van der Waals surface area contributed by atoms with E-state index in [1.807, 2.05) is 12.1 Å². The Morgan fingerprint density at radius 3 is 2.89 bits per heavy atom. The SMILES string of the molecule is O=C1Oc2ccc(Br)cc2[C@@H]2c3sc(=O)[nH]c3S[C@H]3[C@@H]4C[C@H]([C@H]1[C@H]4C(=O)O)[C@@H]23. The van der Waals surface area contributed by atoms with Crippen LogP contribution in [0.1, 0.15) is 22.8 Å². The van der Waals surface area contributed by atoms with Crippen LogP contribution in [0.4, 0.5) is 0 Å². The number of nitrogens with one attached hydrogen (secondary N) is 1. The monoisotopic (exact) mass is 479 g/mol. The minimum Gasteiger partial charge on any atom is -0.481 e. The third-order valence-corrected chi connectivity index (χ3v) is 9.87. The summed E-state index contributed by atoms with van der Waals surface area (Å²) in [6.07, 6.45) is 0.720. The highest BCUT2D eigenvalue weighted by Gasteiger charge is 2.67. The number of hydrogen-bond donors (Lipinski definition) is 2. The molecule has 0 amide bonds. The molecule has 28 heavy (non-hydrogen) atoms. The number of hydrogen-bond acceptors (Lipinski definition) is 6. The van der Waals surface area contributed by atoms with Crippen molar-refractivity contribution in [2.45, 2.75) is 22.6 Å². The lowest BCUT2D eigenvalue weighted by Crippen LogP contribution is -2.49. The van der Waals surface area contributed by atoms with E-state index in [1.54, 1.807) is 17.8 Å². The molecule has 2 aromatic rings. The summed E-state index contributed by atoms with van der Waals surface area (Å²) in [5, 5.41) is 10.8. The van der Waals surface area contributed by atoms with Gasteiger partial charge < -0.3 is 14.8 Å². The number of rotatable bonds is 1. The predicted octanol–water partition coefficient (Wildman–Crippen LogP) is 3.31. The first-order valence-corrected chi connectivity index (χ1v) is 11.6. The summed E-state index contributed by atoms with van der Waals surface area (Å²) in [6.45, 7) is 0.